The molecule has 0 radical (unpaired) electrons. The van der Waals surface area contributed by atoms with E-state index < -0.39 is 5.60 Å². The van der Waals surface area contributed by atoms with Crippen LogP contribution in [0.3, 0.4) is 0 Å². The van der Waals surface area contributed by atoms with Crippen molar-refractivity contribution in [2.24, 2.45) is 0 Å². The van der Waals surface area contributed by atoms with Crippen LogP contribution in [0.2, 0.25) is 0 Å². The fourth-order valence-corrected chi connectivity index (χ4v) is 4.64. The Bertz CT molecular complexity index is 378. The van der Waals surface area contributed by atoms with Gasteiger partial charge in [-0.05, 0) is 72.0 Å². The van der Waals surface area contributed by atoms with Crippen LogP contribution in [0.15, 0.2) is 0 Å². The van der Waals surface area contributed by atoms with Crippen LogP contribution in [0.4, 0.5) is 4.79 Å². The number of thioether (sulfide) groups is 1. The van der Waals surface area contributed by atoms with Gasteiger partial charge in [0.05, 0.1) is 0 Å². The first-order chi connectivity index (χ1) is 10.8. The van der Waals surface area contributed by atoms with Crippen LogP contribution in [0, 0.1) is 0 Å². The van der Waals surface area contributed by atoms with Crippen LogP contribution in [0.5, 0.6) is 0 Å². The van der Waals surface area contributed by atoms with Gasteiger partial charge in [-0.15, -0.1) is 0 Å². The van der Waals surface area contributed by atoms with E-state index in [1.165, 1.54) is 30.8 Å². The van der Waals surface area contributed by atoms with Crippen LogP contribution in [0.1, 0.15) is 66.2 Å². The van der Waals surface area contributed by atoms with Crippen LogP contribution < -0.4 is 5.32 Å². The summed E-state index contributed by atoms with van der Waals surface area (Å²) in [6.07, 6.45) is 6.92. The van der Waals surface area contributed by atoms with Crippen LogP contribution in [0.25, 0.3) is 0 Å². The van der Waals surface area contributed by atoms with E-state index in [9.17, 15) is 4.79 Å². The van der Waals surface area contributed by atoms with E-state index >= 15 is 0 Å². The third kappa shape index (κ3) is 6.54. The summed E-state index contributed by atoms with van der Waals surface area (Å²) in [6, 6.07) is 1.41. The lowest BCUT2D eigenvalue weighted by Gasteiger charge is -2.38. The van der Waals surface area contributed by atoms with Crippen LogP contribution in [-0.4, -0.2) is 52.8 Å². The summed E-state index contributed by atoms with van der Waals surface area (Å²) in [7, 11) is 0. The first-order valence-electron chi connectivity index (χ1n) is 9.18. The van der Waals surface area contributed by atoms with Gasteiger partial charge in [-0.2, -0.15) is 11.8 Å². The maximum absolute atomic E-state index is 12.5. The molecule has 2 saturated heterocycles. The van der Waals surface area contributed by atoms with E-state index in [1.54, 1.807) is 0 Å². The SMILES string of the molecule is CC(CC1CCCCN1C(=O)OC(C)(C)C)NC1CCCSC1. The highest BCUT2D eigenvalue weighted by Gasteiger charge is 2.31. The number of carbonyl (C=O) groups is 1. The molecule has 1 amide bonds. The summed E-state index contributed by atoms with van der Waals surface area (Å²) in [5, 5.41) is 3.77. The number of carbonyl (C=O) groups excluding carboxylic acids is 1. The standard InChI is InChI=1S/C18H34N2O2S/c1-14(19-15-8-7-11-23-13-15)12-16-9-5-6-10-20(16)17(21)22-18(2,3)4/h14-16,19H,5-13H2,1-4H3. The summed E-state index contributed by atoms with van der Waals surface area (Å²) in [5.74, 6) is 2.53. The molecular formula is C18H34N2O2S. The molecular weight excluding hydrogens is 308 g/mol. The molecule has 3 unspecified atom stereocenters. The largest absolute Gasteiger partial charge is 0.444 e. The van der Waals surface area contributed by atoms with E-state index in [2.05, 4.69) is 24.0 Å². The molecule has 2 heterocycles. The lowest BCUT2D eigenvalue weighted by Crippen LogP contribution is -2.49. The maximum atomic E-state index is 12.5. The average Bonchev–Trinajstić information content (AvgIpc) is 2.47. The van der Waals surface area contributed by atoms with Gasteiger partial charge in [-0.1, -0.05) is 0 Å². The minimum absolute atomic E-state index is 0.136. The molecule has 0 aromatic carbocycles. The molecule has 1 N–H and O–H groups in total. The van der Waals surface area contributed by atoms with Gasteiger partial charge in [-0.3, -0.25) is 0 Å². The predicted octanol–water partition coefficient (Wildman–Crippen LogP) is 4.04. The summed E-state index contributed by atoms with van der Waals surface area (Å²) >= 11 is 2.06. The topological polar surface area (TPSA) is 41.6 Å². The third-order valence-corrected chi connectivity index (χ3v) is 5.78. The zero-order valence-electron chi connectivity index (χ0n) is 15.3. The first kappa shape index (κ1) is 18.9. The molecule has 3 atom stereocenters. The van der Waals surface area contributed by atoms with Gasteiger partial charge in [0, 0.05) is 30.4 Å². The molecule has 0 spiro atoms. The van der Waals surface area contributed by atoms with E-state index in [0.29, 0.717) is 18.1 Å². The van der Waals surface area contributed by atoms with Crippen molar-refractivity contribution in [2.75, 3.05) is 18.1 Å². The second-order valence-corrected chi connectivity index (χ2v) is 9.19. The molecule has 0 aliphatic carbocycles. The lowest BCUT2D eigenvalue weighted by molar-refractivity contribution is 0.00780. The second kappa shape index (κ2) is 8.61. The highest BCUT2D eigenvalue weighted by Crippen LogP contribution is 2.24. The third-order valence-electron chi connectivity index (χ3n) is 4.56. The Hall–Kier alpha value is -0.420. The molecule has 23 heavy (non-hydrogen) atoms. The maximum Gasteiger partial charge on any atom is 0.410 e. The lowest BCUT2D eigenvalue weighted by atomic mass is 9.96. The molecule has 5 heteroatoms. The number of ether oxygens (including phenoxy) is 1. The molecule has 0 aromatic heterocycles. The van der Waals surface area contributed by atoms with Crippen molar-refractivity contribution in [1.82, 2.24) is 10.2 Å². The van der Waals surface area contributed by atoms with Gasteiger partial charge in [0.15, 0.2) is 0 Å². The Labute approximate surface area is 146 Å². The smallest absolute Gasteiger partial charge is 0.410 e. The minimum Gasteiger partial charge on any atom is -0.444 e. The van der Waals surface area contributed by atoms with Crippen molar-refractivity contribution in [2.45, 2.75) is 89.9 Å². The van der Waals surface area contributed by atoms with E-state index in [4.69, 9.17) is 4.74 Å². The van der Waals surface area contributed by atoms with Gasteiger partial charge in [0.1, 0.15) is 5.60 Å². The Balaban J connectivity index is 1.85. The zero-order chi connectivity index (χ0) is 16.9. The number of nitrogens with zero attached hydrogens (tertiary/aromatic N) is 1. The molecule has 2 aliphatic heterocycles. The van der Waals surface area contributed by atoms with E-state index in [0.717, 1.165) is 25.8 Å². The number of likely N-dealkylation sites (tertiary alicyclic amines) is 1. The number of nitrogens with one attached hydrogen (secondary N) is 1. The highest BCUT2D eigenvalue weighted by atomic mass is 32.2. The molecule has 0 saturated carbocycles. The van der Waals surface area contributed by atoms with Crippen molar-refractivity contribution in [3.05, 3.63) is 0 Å². The van der Waals surface area contributed by atoms with Gasteiger partial charge in [0.25, 0.3) is 0 Å². The molecule has 134 valence electrons. The summed E-state index contributed by atoms with van der Waals surface area (Å²) in [6.45, 7) is 8.92. The number of rotatable bonds is 4. The molecule has 2 rings (SSSR count). The highest BCUT2D eigenvalue weighted by molar-refractivity contribution is 7.99. The minimum atomic E-state index is -0.414. The molecule has 2 fully saturated rings. The predicted molar refractivity (Wildman–Crippen MR) is 98.1 cm³/mol. The number of amides is 1. The van der Waals surface area contributed by atoms with Crippen molar-refractivity contribution in [3.8, 4) is 0 Å². The molecule has 2 aliphatic rings. The zero-order valence-corrected chi connectivity index (χ0v) is 16.1. The normalized spacial score (nSPS) is 27.6. The quantitative estimate of drug-likeness (QED) is 0.837. The van der Waals surface area contributed by atoms with E-state index in [-0.39, 0.29) is 6.09 Å². The molecule has 0 aromatic rings. The fourth-order valence-electron chi connectivity index (χ4n) is 3.56. The van der Waals surface area contributed by atoms with Crippen LogP contribution in [-0.2, 0) is 4.74 Å². The van der Waals surface area contributed by atoms with Gasteiger partial charge >= 0.3 is 6.09 Å². The second-order valence-electron chi connectivity index (χ2n) is 8.04. The van der Waals surface area contributed by atoms with Crippen molar-refractivity contribution in [1.29, 1.82) is 0 Å². The van der Waals surface area contributed by atoms with Crippen molar-refractivity contribution >= 4 is 17.9 Å². The monoisotopic (exact) mass is 342 g/mol. The van der Waals surface area contributed by atoms with Crippen LogP contribution >= 0.6 is 11.8 Å². The fraction of sp³-hybridized carbons (Fsp3) is 0.944. The van der Waals surface area contributed by atoms with E-state index in [1.807, 2.05) is 25.7 Å². The van der Waals surface area contributed by atoms with Crippen molar-refractivity contribution < 1.29 is 9.53 Å². The Kier molecular flexibility index (Phi) is 7.08. The number of piperidine rings is 1. The molecule has 0 bridgehead atoms. The van der Waals surface area contributed by atoms with Gasteiger partial charge in [0.2, 0.25) is 0 Å². The first-order valence-corrected chi connectivity index (χ1v) is 10.3. The summed E-state index contributed by atoms with van der Waals surface area (Å²) in [5.41, 5.74) is -0.414. The van der Waals surface area contributed by atoms with Crippen molar-refractivity contribution in [3.63, 3.8) is 0 Å². The molecule has 4 nitrogen and oxygen atoms in total. The summed E-state index contributed by atoms with van der Waals surface area (Å²) < 4.78 is 5.60. The van der Waals surface area contributed by atoms with Gasteiger partial charge in [-0.25, -0.2) is 4.79 Å². The Morgan fingerprint density at radius 1 is 1.30 bits per heavy atom. The van der Waals surface area contributed by atoms with Gasteiger partial charge < -0.3 is 15.0 Å². The Morgan fingerprint density at radius 3 is 2.74 bits per heavy atom. The Morgan fingerprint density at radius 2 is 2.09 bits per heavy atom. The number of hydrogen-bond acceptors (Lipinski definition) is 4. The number of hydrogen-bond donors (Lipinski definition) is 1. The average molecular weight is 343 g/mol. The summed E-state index contributed by atoms with van der Waals surface area (Å²) in [4.78, 5) is 14.5.